The Labute approximate surface area is 175 Å². The van der Waals surface area contributed by atoms with Crippen LogP contribution in [0.4, 0.5) is 17.5 Å². The fourth-order valence-electron chi connectivity index (χ4n) is 3.85. The summed E-state index contributed by atoms with van der Waals surface area (Å²) in [5, 5.41) is 0. The third-order valence-electron chi connectivity index (χ3n) is 5.45. The maximum absolute atomic E-state index is 5.87. The van der Waals surface area contributed by atoms with Crippen molar-refractivity contribution in [2.24, 2.45) is 4.99 Å². The molecule has 2 aliphatic rings. The molecule has 156 valence electrons. The van der Waals surface area contributed by atoms with Crippen LogP contribution in [-0.2, 0) is 0 Å². The number of ether oxygens (including phenoxy) is 1. The van der Waals surface area contributed by atoms with E-state index in [1.165, 1.54) is 44.0 Å². The summed E-state index contributed by atoms with van der Waals surface area (Å²) in [5.41, 5.74) is 16.0. The number of benzene rings is 1. The number of nitrogens with one attached hydrogen (secondary N) is 1. The highest BCUT2D eigenvalue weighted by atomic mass is 16.5. The molecule has 0 saturated heterocycles. The number of aromatic amines is 1. The van der Waals surface area contributed by atoms with Gasteiger partial charge in [-0.25, -0.2) is 15.0 Å². The summed E-state index contributed by atoms with van der Waals surface area (Å²) in [5.74, 6) is 2.01. The number of aryl methyl sites for hydroxylation is 1. The number of aromatic nitrogens is 4. The van der Waals surface area contributed by atoms with Crippen molar-refractivity contribution in [1.82, 2.24) is 19.9 Å². The Morgan fingerprint density at radius 2 is 1.77 bits per heavy atom. The van der Waals surface area contributed by atoms with Gasteiger partial charge in [0.25, 0.3) is 0 Å². The number of rotatable bonds is 2. The first kappa shape index (κ1) is 19.9. The summed E-state index contributed by atoms with van der Waals surface area (Å²) in [4.78, 5) is 19.2. The van der Waals surface area contributed by atoms with Crippen molar-refractivity contribution in [2.45, 2.75) is 44.9 Å². The molecule has 0 amide bonds. The zero-order valence-corrected chi connectivity index (χ0v) is 17.1. The normalized spacial score (nSPS) is 16.0. The van der Waals surface area contributed by atoms with E-state index in [2.05, 4.69) is 49.2 Å². The van der Waals surface area contributed by atoms with Crippen molar-refractivity contribution in [2.75, 3.05) is 18.1 Å². The second kappa shape index (κ2) is 8.94. The van der Waals surface area contributed by atoms with Crippen LogP contribution in [0.15, 0.2) is 41.8 Å². The monoisotopic (exact) mass is 405 g/mol. The average molecular weight is 406 g/mol. The van der Waals surface area contributed by atoms with Gasteiger partial charge in [0.2, 0.25) is 5.88 Å². The van der Waals surface area contributed by atoms with Gasteiger partial charge in [-0.1, -0.05) is 43.5 Å². The van der Waals surface area contributed by atoms with Crippen LogP contribution < -0.4 is 16.2 Å². The molecule has 2 aromatic heterocycles. The molecule has 3 aromatic rings. The first-order chi connectivity index (χ1) is 14.6. The molecule has 1 aliphatic heterocycles. The Balaban J connectivity index is 0.000000265. The minimum absolute atomic E-state index is 0.353. The molecular formula is C22H27N7O. The topological polar surface area (TPSA) is 128 Å². The molecule has 1 saturated carbocycles. The Bertz CT molecular complexity index is 1000. The van der Waals surface area contributed by atoms with Crippen molar-refractivity contribution < 1.29 is 4.74 Å². The number of H-pyrrole nitrogens is 1. The fourth-order valence-corrected chi connectivity index (χ4v) is 3.85. The van der Waals surface area contributed by atoms with E-state index in [0.717, 1.165) is 17.0 Å². The molecule has 1 aromatic carbocycles. The molecule has 1 aliphatic carbocycles. The molecule has 0 bridgehead atoms. The summed E-state index contributed by atoms with van der Waals surface area (Å²) in [6.45, 7) is 2.32. The summed E-state index contributed by atoms with van der Waals surface area (Å²) in [6.07, 6.45) is 9.79. The van der Waals surface area contributed by atoms with Crippen LogP contribution >= 0.6 is 0 Å². The predicted molar refractivity (Wildman–Crippen MR) is 118 cm³/mol. The highest BCUT2D eigenvalue weighted by Gasteiger charge is 2.20. The molecule has 0 atom stereocenters. The van der Waals surface area contributed by atoms with Gasteiger partial charge in [-0.2, -0.15) is 4.98 Å². The van der Waals surface area contributed by atoms with Gasteiger partial charge in [0.1, 0.15) is 12.9 Å². The van der Waals surface area contributed by atoms with Gasteiger partial charge in [0.15, 0.2) is 17.5 Å². The summed E-state index contributed by atoms with van der Waals surface area (Å²) < 4.78 is 5.66. The van der Waals surface area contributed by atoms with Gasteiger partial charge in [0.05, 0.1) is 5.71 Å². The lowest BCUT2D eigenvalue weighted by Gasteiger charge is -2.22. The quantitative estimate of drug-likeness (QED) is 0.593. The van der Waals surface area contributed by atoms with Crippen molar-refractivity contribution >= 4 is 23.2 Å². The number of anilines is 2. The van der Waals surface area contributed by atoms with E-state index >= 15 is 0 Å². The molecule has 0 unspecified atom stereocenters. The second-order valence-corrected chi connectivity index (χ2v) is 7.67. The molecule has 1 fully saturated rings. The van der Waals surface area contributed by atoms with Crippen LogP contribution in [0, 0.1) is 6.92 Å². The van der Waals surface area contributed by atoms with E-state index in [-0.39, 0.29) is 0 Å². The van der Waals surface area contributed by atoms with Crippen LogP contribution in [0.25, 0.3) is 0 Å². The zero-order valence-electron chi connectivity index (χ0n) is 17.1. The smallest absolute Gasteiger partial charge is 0.245 e. The lowest BCUT2D eigenvalue weighted by Crippen LogP contribution is -2.18. The van der Waals surface area contributed by atoms with Crippen molar-refractivity contribution in [1.29, 1.82) is 0 Å². The number of nitrogens with zero attached hydrogens (tertiary/aromatic N) is 4. The summed E-state index contributed by atoms with van der Waals surface area (Å²) >= 11 is 0. The van der Waals surface area contributed by atoms with Crippen LogP contribution in [0.2, 0.25) is 0 Å². The lowest BCUT2D eigenvalue weighted by atomic mass is 9.84. The third kappa shape index (κ3) is 4.59. The molecule has 0 spiro atoms. The SMILES string of the molecule is Cc1cnc(N)[nH]1.Nc1ncnc2c1N=C(c1ccc(C3CCCCC3)cc1)CO2. The van der Waals surface area contributed by atoms with E-state index in [4.69, 9.17) is 16.2 Å². The van der Waals surface area contributed by atoms with Crippen LogP contribution in [0.1, 0.15) is 54.8 Å². The molecule has 8 heteroatoms. The van der Waals surface area contributed by atoms with Gasteiger partial charge in [-0.05, 0) is 36.8 Å². The second-order valence-electron chi connectivity index (χ2n) is 7.67. The van der Waals surface area contributed by atoms with E-state index in [0.29, 0.717) is 35.9 Å². The fraction of sp³-hybridized carbons (Fsp3) is 0.364. The number of fused-ring (bicyclic) bond motifs is 1. The molecular weight excluding hydrogens is 378 g/mol. The number of imidazole rings is 1. The van der Waals surface area contributed by atoms with E-state index in [1.807, 2.05) is 6.92 Å². The Hall–Kier alpha value is -3.42. The Morgan fingerprint density at radius 3 is 2.40 bits per heavy atom. The molecule has 8 nitrogen and oxygen atoms in total. The van der Waals surface area contributed by atoms with Gasteiger partial charge in [-0.15, -0.1) is 0 Å². The highest BCUT2D eigenvalue weighted by molar-refractivity contribution is 6.04. The Morgan fingerprint density at radius 1 is 1.00 bits per heavy atom. The average Bonchev–Trinajstić information content (AvgIpc) is 3.17. The van der Waals surface area contributed by atoms with Crippen LogP contribution in [0.5, 0.6) is 5.88 Å². The van der Waals surface area contributed by atoms with Gasteiger partial charge >= 0.3 is 0 Å². The maximum Gasteiger partial charge on any atom is 0.245 e. The van der Waals surface area contributed by atoms with E-state index < -0.39 is 0 Å². The van der Waals surface area contributed by atoms with Crippen LogP contribution in [0.3, 0.4) is 0 Å². The van der Waals surface area contributed by atoms with Crippen molar-refractivity contribution in [3.05, 3.63) is 53.6 Å². The molecule has 5 N–H and O–H groups in total. The molecule has 5 rings (SSSR count). The first-order valence-corrected chi connectivity index (χ1v) is 10.3. The standard InChI is InChI=1S/C18H20N4O.C4H7N3/c19-17-16-18(21-11-20-17)23-10-15(22-16)14-8-6-13(7-9-14)12-4-2-1-3-5-12;1-3-2-6-4(5)7-3/h6-9,11-12H,1-5,10H2,(H2,19,20,21);2H,1H3,(H3,5,6,7). The van der Waals surface area contributed by atoms with Gasteiger partial charge < -0.3 is 21.2 Å². The zero-order chi connectivity index (χ0) is 20.9. The minimum Gasteiger partial charge on any atom is -0.469 e. The molecule has 30 heavy (non-hydrogen) atoms. The summed E-state index contributed by atoms with van der Waals surface area (Å²) in [7, 11) is 0. The number of hydrogen-bond donors (Lipinski definition) is 3. The highest BCUT2D eigenvalue weighted by Crippen LogP contribution is 2.35. The van der Waals surface area contributed by atoms with Gasteiger partial charge in [-0.3, -0.25) is 0 Å². The summed E-state index contributed by atoms with van der Waals surface area (Å²) in [6, 6.07) is 8.73. The molecule has 3 heterocycles. The number of nitrogen functional groups attached to an aromatic ring is 2. The van der Waals surface area contributed by atoms with Crippen LogP contribution in [-0.4, -0.2) is 32.3 Å². The largest absolute Gasteiger partial charge is 0.469 e. The first-order valence-electron chi connectivity index (χ1n) is 10.3. The maximum atomic E-state index is 5.87. The van der Waals surface area contributed by atoms with E-state index in [1.54, 1.807) is 6.20 Å². The number of nitrogens with two attached hydrogens (primary N) is 2. The van der Waals surface area contributed by atoms with E-state index in [9.17, 15) is 0 Å². The number of hydrogen-bond acceptors (Lipinski definition) is 7. The minimum atomic E-state index is 0.353. The third-order valence-corrected chi connectivity index (χ3v) is 5.45. The predicted octanol–water partition coefficient (Wildman–Crippen LogP) is 3.92. The lowest BCUT2D eigenvalue weighted by molar-refractivity contribution is 0.357. The molecule has 0 radical (unpaired) electrons. The van der Waals surface area contributed by atoms with Gasteiger partial charge in [0, 0.05) is 11.9 Å². The van der Waals surface area contributed by atoms with Crippen molar-refractivity contribution in [3.8, 4) is 5.88 Å². The number of aliphatic imine (C=N–C) groups is 1. The van der Waals surface area contributed by atoms with Crippen molar-refractivity contribution in [3.63, 3.8) is 0 Å². The Kier molecular flexibility index (Phi) is 5.92.